The smallest absolute Gasteiger partial charge is 0.269 e. The Labute approximate surface area is 183 Å². The summed E-state index contributed by atoms with van der Waals surface area (Å²) >= 11 is 1.45. The molecule has 0 radical (unpaired) electrons. The van der Waals surface area contributed by atoms with Crippen molar-refractivity contribution in [1.29, 1.82) is 0 Å². The van der Waals surface area contributed by atoms with E-state index in [0.717, 1.165) is 5.70 Å². The molecule has 1 unspecified atom stereocenters. The Morgan fingerprint density at radius 3 is 2.48 bits per heavy atom. The molecule has 0 saturated carbocycles. The van der Waals surface area contributed by atoms with E-state index < -0.39 is 10.8 Å². The van der Waals surface area contributed by atoms with Gasteiger partial charge < -0.3 is 10.3 Å². The molecule has 2 aromatic rings. The Morgan fingerprint density at radius 2 is 1.87 bits per heavy atom. The summed E-state index contributed by atoms with van der Waals surface area (Å²) in [6.45, 7) is 8.11. The van der Waals surface area contributed by atoms with Crippen LogP contribution in [0.15, 0.2) is 45.5 Å². The van der Waals surface area contributed by atoms with Crippen molar-refractivity contribution in [2.75, 3.05) is 5.32 Å². The fraction of sp³-hybridized carbons (Fsp3) is 0.409. The molecule has 31 heavy (non-hydrogen) atoms. The molecule has 1 aromatic carbocycles. The van der Waals surface area contributed by atoms with Crippen LogP contribution in [0.2, 0.25) is 0 Å². The second kappa shape index (κ2) is 7.64. The van der Waals surface area contributed by atoms with Gasteiger partial charge >= 0.3 is 0 Å². The van der Waals surface area contributed by atoms with Crippen LogP contribution in [-0.2, 0) is 4.79 Å². The molecule has 0 fully saturated rings. The van der Waals surface area contributed by atoms with Crippen LogP contribution in [0, 0.1) is 15.5 Å². The summed E-state index contributed by atoms with van der Waals surface area (Å²) in [5, 5.41) is 15.1. The Morgan fingerprint density at radius 1 is 1.19 bits per heavy atom. The molecular weight excluding hydrogens is 416 g/mol. The van der Waals surface area contributed by atoms with E-state index >= 15 is 0 Å². The molecule has 2 N–H and O–H groups in total. The lowest BCUT2D eigenvalue weighted by Crippen LogP contribution is -2.37. The fourth-order valence-electron chi connectivity index (χ4n) is 4.29. The van der Waals surface area contributed by atoms with Crippen LogP contribution in [0.25, 0.3) is 0 Å². The molecule has 8 nitrogen and oxygen atoms in total. The number of Topliss-reactive ketones (excluding diaryl/α,β-unsaturated/α-hetero) is 1. The van der Waals surface area contributed by atoms with E-state index in [1.165, 1.54) is 23.9 Å². The van der Waals surface area contributed by atoms with Crippen LogP contribution in [0.1, 0.15) is 57.6 Å². The van der Waals surface area contributed by atoms with Gasteiger partial charge in [-0.25, -0.2) is 4.98 Å². The number of fused-ring (bicyclic) bond motifs is 1. The molecule has 2 aliphatic rings. The second-order valence-electron chi connectivity index (χ2n) is 9.04. The standard InChI is InChI=1S/C22H24N4O4S/c1-11(2)31-21-24-19-18(20(28)25-21)16(12-5-7-13(8-6-12)26(29)30)17-14(23-19)9-22(3,4)10-15(17)27/h5-8,11,16H,9-10H2,1-4H3,(H2,23,24,25,28). The summed E-state index contributed by atoms with van der Waals surface area (Å²) in [4.78, 5) is 44.4. The van der Waals surface area contributed by atoms with Crippen molar-refractivity contribution in [3.63, 3.8) is 0 Å². The molecule has 0 bridgehead atoms. The summed E-state index contributed by atoms with van der Waals surface area (Å²) in [5.74, 6) is -0.197. The summed E-state index contributed by atoms with van der Waals surface area (Å²) in [6.07, 6.45) is 1.02. The number of nitro groups is 1. The monoisotopic (exact) mass is 440 g/mol. The Bertz CT molecular complexity index is 1170. The van der Waals surface area contributed by atoms with Gasteiger partial charge in [0.05, 0.1) is 10.5 Å². The lowest BCUT2D eigenvalue weighted by atomic mass is 9.69. The first-order valence-electron chi connectivity index (χ1n) is 10.1. The van der Waals surface area contributed by atoms with Gasteiger partial charge in [-0.3, -0.25) is 19.7 Å². The summed E-state index contributed by atoms with van der Waals surface area (Å²) in [7, 11) is 0. The number of anilines is 1. The number of aromatic amines is 1. The van der Waals surface area contributed by atoms with Gasteiger partial charge in [0.25, 0.3) is 11.2 Å². The number of nitrogens with zero attached hydrogens (tertiary/aromatic N) is 2. The molecule has 9 heteroatoms. The second-order valence-corrected chi connectivity index (χ2v) is 10.6. The largest absolute Gasteiger partial charge is 0.343 e. The highest BCUT2D eigenvalue weighted by Crippen LogP contribution is 2.47. The third-order valence-electron chi connectivity index (χ3n) is 5.48. The predicted octanol–water partition coefficient (Wildman–Crippen LogP) is 4.38. The van der Waals surface area contributed by atoms with Crippen LogP contribution < -0.4 is 10.9 Å². The molecule has 2 heterocycles. The first-order valence-corrected chi connectivity index (χ1v) is 11.0. The minimum absolute atomic E-state index is 0.0206. The van der Waals surface area contributed by atoms with Crippen LogP contribution in [-0.4, -0.2) is 25.9 Å². The number of non-ortho nitro benzene ring substituents is 1. The SMILES string of the molecule is CC(C)Sc1nc2c(c(=O)[nH]1)C(c1ccc([N+](=O)[O-])cc1)C1=C(CC(C)(C)CC1=O)N2. The van der Waals surface area contributed by atoms with Gasteiger partial charge in [-0.05, 0) is 17.4 Å². The highest BCUT2D eigenvalue weighted by atomic mass is 32.2. The fourth-order valence-corrected chi connectivity index (χ4v) is 5.04. The van der Waals surface area contributed by atoms with Crippen molar-refractivity contribution in [2.45, 2.75) is 56.9 Å². The zero-order chi connectivity index (χ0) is 22.5. The average Bonchev–Trinajstić information content (AvgIpc) is 2.64. The number of aromatic nitrogens is 2. The number of H-pyrrole nitrogens is 1. The van der Waals surface area contributed by atoms with Gasteiger partial charge in [-0.2, -0.15) is 0 Å². The summed E-state index contributed by atoms with van der Waals surface area (Å²) in [5.41, 5.74) is 1.79. The Hall–Kier alpha value is -2.94. The number of hydrogen-bond acceptors (Lipinski definition) is 7. The number of nitro benzene ring substituents is 1. The third-order valence-corrected chi connectivity index (χ3v) is 6.37. The zero-order valence-electron chi connectivity index (χ0n) is 17.8. The van der Waals surface area contributed by atoms with Gasteiger partial charge in [-0.1, -0.05) is 51.6 Å². The molecule has 0 saturated heterocycles. The van der Waals surface area contributed by atoms with Crippen molar-refractivity contribution < 1.29 is 9.72 Å². The number of nitrogens with one attached hydrogen (secondary N) is 2. The maximum atomic E-state index is 13.2. The van der Waals surface area contributed by atoms with Crippen LogP contribution in [0.5, 0.6) is 0 Å². The quantitative estimate of drug-likeness (QED) is 0.313. The first kappa shape index (κ1) is 21.3. The summed E-state index contributed by atoms with van der Waals surface area (Å²) in [6, 6.07) is 6.04. The zero-order valence-corrected chi connectivity index (χ0v) is 18.6. The van der Waals surface area contributed by atoms with E-state index in [9.17, 15) is 19.7 Å². The average molecular weight is 441 g/mol. The predicted molar refractivity (Wildman–Crippen MR) is 119 cm³/mol. The van der Waals surface area contributed by atoms with Crippen molar-refractivity contribution in [1.82, 2.24) is 9.97 Å². The number of hydrogen-bond donors (Lipinski definition) is 2. The number of ketones is 1. The molecular formula is C22H24N4O4S. The van der Waals surface area contributed by atoms with Crippen molar-refractivity contribution in [3.8, 4) is 0 Å². The molecule has 0 amide bonds. The maximum absolute atomic E-state index is 13.2. The van der Waals surface area contributed by atoms with Gasteiger partial charge in [-0.15, -0.1) is 0 Å². The van der Waals surface area contributed by atoms with Crippen LogP contribution >= 0.6 is 11.8 Å². The highest BCUT2D eigenvalue weighted by molar-refractivity contribution is 7.99. The van der Waals surface area contributed by atoms with Crippen molar-refractivity contribution in [3.05, 3.63) is 67.1 Å². The van der Waals surface area contributed by atoms with Gasteiger partial charge in [0.15, 0.2) is 10.9 Å². The van der Waals surface area contributed by atoms with E-state index in [4.69, 9.17) is 0 Å². The summed E-state index contributed by atoms with van der Waals surface area (Å²) < 4.78 is 0. The maximum Gasteiger partial charge on any atom is 0.269 e. The topological polar surface area (TPSA) is 118 Å². The normalized spacial score (nSPS) is 19.6. The molecule has 162 valence electrons. The van der Waals surface area contributed by atoms with Gasteiger partial charge in [0.2, 0.25) is 0 Å². The van der Waals surface area contributed by atoms with E-state index in [1.54, 1.807) is 12.1 Å². The molecule has 1 aromatic heterocycles. The van der Waals surface area contributed by atoms with E-state index in [-0.39, 0.29) is 27.7 Å². The molecule has 1 aliphatic heterocycles. The highest BCUT2D eigenvalue weighted by Gasteiger charge is 2.42. The Balaban J connectivity index is 1.91. The van der Waals surface area contributed by atoms with Gasteiger partial charge in [0, 0.05) is 41.0 Å². The van der Waals surface area contributed by atoms with Crippen LogP contribution in [0.3, 0.4) is 0 Å². The van der Waals surface area contributed by atoms with Crippen molar-refractivity contribution in [2.24, 2.45) is 5.41 Å². The number of carbonyl (C=O) groups excluding carboxylic acids is 1. The van der Waals surface area contributed by atoms with Crippen molar-refractivity contribution >= 4 is 29.1 Å². The number of thioether (sulfide) groups is 1. The molecule has 0 spiro atoms. The lowest BCUT2D eigenvalue weighted by molar-refractivity contribution is -0.384. The number of rotatable bonds is 4. The minimum Gasteiger partial charge on any atom is -0.343 e. The van der Waals surface area contributed by atoms with E-state index in [0.29, 0.717) is 40.5 Å². The molecule has 1 atom stereocenters. The van der Waals surface area contributed by atoms with E-state index in [2.05, 4.69) is 15.3 Å². The van der Waals surface area contributed by atoms with Gasteiger partial charge in [0.1, 0.15) is 5.82 Å². The first-order chi connectivity index (χ1) is 14.6. The molecule has 1 aliphatic carbocycles. The number of allylic oxidation sites excluding steroid dienone is 2. The third kappa shape index (κ3) is 4.01. The number of carbonyl (C=O) groups is 1. The minimum atomic E-state index is -0.620. The molecule has 4 rings (SSSR count). The number of benzene rings is 1. The lowest BCUT2D eigenvalue weighted by Gasteiger charge is -2.38. The van der Waals surface area contributed by atoms with Crippen LogP contribution in [0.4, 0.5) is 11.5 Å². The Kier molecular flexibility index (Phi) is 5.25. The van der Waals surface area contributed by atoms with E-state index in [1.807, 2.05) is 27.7 Å².